The fourth-order valence-electron chi connectivity index (χ4n) is 5.31. The van der Waals surface area contributed by atoms with Gasteiger partial charge in [0.15, 0.2) is 0 Å². The molecule has 1 aromatic heterocycles. The van der Waals surface area contributed by atoms with Crippen molar-refractivity contribution in [2.75, 3.05) is 6.54 Å². The second-order valence-corrected chi connectivity index (χ2v) is 6.80. The summed E-state index contributed by atoms with van der Waals surface area (Å²) in [6.07, 6.45) is 11.3. The van der Waals surface area contributed by atoms with E-state index in [1.54, 1.807) is 0 Å². The Morgan fingerprint density at radius 1 is 1.17 bits per heavy atom. The Morgan fingerprint density at radius 3 is 2.33 bits per heavy atom. The van der Waals surface area contributed by atoms with Crippen LogP contribution < -0.4 is 5.73 Å². The van der Waals surface area contributed by atoms with Gasteiger partial charge in [-0.3, -0.25) is 0 Å². The average Bonchev–Trinajstić information content (AvgIpc) is 2.76. The lowest BCUT2D eigenvalue weighted by atomic mass is 9.53. The van der Waals surface area contributed by atoms with Gasteiger partial charge in [0.05, 0.1) is 0 Å². The van der Waals surface area contributed by atoms with E-state index in [-0.39, 0.29) is 0 Å². The zero-order chi connectivity index (χ0) is 12.2. The molecule has 4 nitrogen and oxygen atoms in total. The fraction of sp³-hybridized carbons (Fsp3) is 0.857. The highest BCUT2D eigenvalue weighted by Gasteiger charge is 2.52. The van der Waals surface area contributed by atoms with Crippen molar-refractivity contribution in [1.29, 1.82) is 0 Å². The van der Waals surface area contributed by atoms with E-state index in [0.717, 1.165) is 30.0 Å². The van der Waals surface area contributed by atoms with Gasteiger partial charge >= 0.3 is 0 Å². The van der Waals surface area contributed by atoms with E-state index < -0.39 is 0 Å². The number of nitrogens with two attached hydrogens (primary N) is 1. The summed E-state index contributed by atoms with van der Waals surface area (Å²) in [6.45, 7) is 0.672. The minimum Gasteiger partial charge on any atom is -0.330 e. The molecule has 18 heavy (non-hydrogen) atoms. The van der Waals surface area contributed by atoms with Gasteiger partial charge in [0, 0.05) is 12.0 Å². The quantitative estimate of drug-likeness (QED) is 0.883. The van der Waals surface area contributed by atoms with Crippen LogP contribution in [-0.4, -0.2) is 21.3 Å². The molecule has 4 bridgehead atoms. The molecule has 1 aromatic rings. The molecule has 4 aliphatic rings. The van der Waals surface area contributed by atoms with Crippen molar-refractivity contribution in [3.63, 3.8) is 0 Å². The number of nitrogens with zero attached hydrogens (tertiary/aromatic N) is 3. The molecule has 0 amide bonds. The maximum Gasteiger partial charge on any atom is 0.134 e. The van der Waals surface area contributed by atoms with Gasteiger partial charge in [-0.25, -0.2) is 0 Å². The minimum atomic E-state index is 0.350. The summed E-state index contributed by atoms with van der Waals surface area (Å²) < 4.78 is 2.41. The molecule has 0 atom stereocenters. The Morgan fingerprint density at radius 2 is 1.78 bits per heavy atom. The first-order valence-corrected chi connectivity index (χ1v) is 7.38. The zero-order valence-electron chi connectivity index (χ0n) is 10.9. The van der Waals surface area contributed by atoms with Crippen LogP contribution in [0.2, 0.25) is 0 Å². The predicted molar refractivity (Wildman–Crippen MR) is 68.9 cm³/mol. The predicted octanol–water partition coefficient (Wildman–Crippen LogP) is 1.70. The summed E-state index contributed by atoms with van der Waals surface area (Å²) in [5.41, 5.74) is 6.05. The molecule has 4 heteroatoms. The summed E-state index contributed by atoms with van der Waals surface area (Å²) in [6, 6.07) is 0. The lowest BCUT2D eigenvalue weighted by Crippen LogP contribution is -2.52. The summed E-state index contributed by atoms with van der Waals surface area (Å²) >= 11 is 0. The molecule has 98 valence electrons. The number of hydrogen-bond acceptors (Lipinski definition) is 3. The molecular weight excluding hydrogens is 224 g/mol. The average molecular weight is 246 g/mol. The van der Waals surface area contributed by atoms with Crippen LogP contribution in [0.25, 0.3) is 0 Å². The first-order chi connectivity index (χ1) is 8.79. The Labute approximate surface area is 108 Å². The SMILES string of the molecule is NCCc1nncn1C12CC3CC(CC(C3)C1)C2. The second kappa shape index (κ2) is 3.80. The lowest BCUT2D eigenvalue weighted by Gasteiger charge is -2.57. The smallest absolute Gasteiger partial charge is 0.134 e. The van der Waals surface area contributed by atoms with Gasteiger partial charge in [0.25, 0.3) is 0 Å². The largest absolute Gasteiger partial charge is 0.330 e. The van der Waals surface area contributed by atoms with Crippen molar-refractivity contribution >= 4 is 0 Å². The van der Waals surface area contributed by atoms with Gasteiger partial charge in [-0.15, -0.1) is 10.2 Å². The Hall–Kier alpha value is -0.900. The molecule has 2 N–H and O–H groups in total. The normalized spacial score (nSPS) is 41.5. The van der Waals surface area contributed by atoms with Crippen LogP contribution in [0.3, 0.4) is 0 Å². The standard InChI is InChI=1S/C14H22N4/c15-2-1-13-17-16-9-18(13)14-6-10-3-11(7-14)5-12(4-10)8-14/h9-12H,1-8,15H2. The number of hydrogen-bond donors (Lipinski definition) is 1. The molecule has 5 rings (SSSR count). The first kappa shape index (κ1) is 11.0. The van der Waals surface area contributed by atoms with Crippen molar-refractivity contribution in [3.8, 4) is 0 Å². The zero-order valence-corrected chi connectivity index (χ0v) is 10.9. The number of rotatable bonds is 3. The topological polar surface area (TPSA) is 56.7 Å². The van der Waals surface area contributed by atoms with Gasteiger partial charge in [-0.1, -0.05) is 0 Å². The molecule has 0 unspecified atom stereocenters. The molecule has 0 aliphatic heterocycles. The van der Waals surface area contributed by atoms with Crippen molar-refractivity contribution in [2.45, 2.75) is 50.5 Å². The molecule has 1 heterocycles. The molecular formula is C14H22N4. The van der Waals surface area contributed by atoms with Crippen LogP contribution in [0.5, 0.6) is 0 Å². The minimum absolute atomic E-state index is 0.350. The summed E-state index contributed by atoms with van der Waals surface area (Å²) in [4.78, 5) is 0. The van der Waals surface area contributed by atoms with Gasteiger partial charge < -0.3 is 10.3 Å². The molecule has 4 saturated carbocycles. The van der Waals surface area contributed by atoms with E-state index in [1.165, 1.54) is 38.5 Å². The summed E-state index contributed by atoms with van der Waals surface area (Å²) in [5, 5.41) is 8.45. The first-order valence-electron chi connectivity index (χ1n) is 7.38. The van der Waals surface area contributed by atoms with E-state index in [9.17, 15) is 0 Å². The second-order valence-electron chi connectivity index (χ2n) is 6.80. The number of aromatic nitrogens is 3. The van der Waals surface area contributed by atoms with Crippen molar-refractivity contribution in [2.24, 2.45) is 23.5 Å². The van der Waals surface area contributed by atoms with E-state index >= 15 is 0 Å². The molecule has 0 aromatic carbocycles. The van der Waals surface area contributed by atoms with Crippen molar-refractivity contribution < 1.29 is 0 Å². The lowest BCUT2D eigenvalue weighted by molar-refractivity contribution is -0.0445. The Balaban J connectivity index is 1.72. The fourth-order valence-corrected chi connectivity index (χ4v) is 5.31. The third kappa shape index (κ3) is 1.48. The Bertz CT molecular complexity index is 415. The van der Waals surface area contributed by atoms with Crippen LogP contribution in [0, 0.1) is 17.8 Å². The summed E-state index contributed by atoms with van der Waals surface area (Å²) in [5.74, 6) is 4.00. The maximum absolute atomic E-state index is 5.70. The van der Waals surface area contributed by atoms with E-state index in [1.807, 2.05) is 6.33 Å². The highest BCUT2D eigenvalue weighted by Crippen LogP contribution is 2.58. The van der Waals surface area contributed by atoms with Crippen LogP contribution in [0.15, 0.2) is 6.33 Å². The third-order valence-electron chi connectivity index (χ3n) is 5.50. The third-order valence-corrected chi connectivity index (χ3v) is 5.50. The van der Waals surface area contributed by atoms with Gasteiger partial charge in [0.2, 0.25) is 0 Å². The molecule has 4 aliphatic carbocycles. The van der Waals surface area contributed by atoms with Gasteiger partial charge in [0.1, 0.15) is 12.2 Å². The Kier molecular flexibility index (Phi) is 2.31. The van der Waals surface area contributed by atoms with E-state index in [4.69, 9.17) is 5.73 Å². The van der Waals surface area contributed by atoms with Gasteiger partial charge in [-0.05, 0) is 62.8 Å². The highest BCUT2D eigenvalue weighted by molar-refractivity contribution is 5.08. The van der Waals surface area contributed by atoms with Crippen LogP contribution >= 0.6 is 0 Å². The monoisotopic (exact) mass is 246 g/mol. The van der Waals surface area contributed by atoms with Crippen LogP contribution in [-0.2, 0) is 12.0 Å². The van der Waals surface area contributed by atoms with Crippen LogP contribution in [0.4, 0.5) is 0 Å². The highest BCUT2D eigenvalue weighted by atomic mass is 15.3. The summed E-state index contributed by atoms with van der Waals surface area (Å²) in [7, 11) is 0. The van der Waals surface area contributed by atoms with Crippen LogP contribution in [0.1, 0.15) is 44.3 Å². The van der Waals surface area contributed by atoms with Crippen molar-refractivity contribution in [1.82, 2.24) is 14.8 Å². The van der Waals surface area contributed by atoms with Gasteiger partial charge in [-0.2, -0.15) is 0 Å². The molecule has 0 saturated heterocycles. The molecule has 0 radical (unpaired) electrons. The molecule has 0 spiro atoms. The van der Waals surface area contributed by atoms with E-state index in [2.05, 4.69) is 14.8 Å². The maximum atomic E-state index is 5.70. The molecule has 4 fully saturated rings. The van der Waals surface area contributed by atoms with E-state index in [0.29, 0.717) is 12.1 Å². The van der Waals surface area contributed by atoms with Crippen molar-refractivity contribution in [3.05, 3.63) is 12.2 Å².